The van der Waals surface area contributed by atoms with Crippen LogP contribution in [0.15, 0.2) is 60.7 Å². The zero-order valence-corrected chi connectivity index (χ0v) is 14.2. The molecule has 0 unspecified atom stereocenters. The summed E-state index contributed by atoms with van der Waals surface area (Å²) in [5, 5.41) is 2.05. The molecule has 1 heterocycles. The van der Waals surface area contributed by atoms with E-state index >= 15 is 0 Å². The largest absolute Gasteiger partial charge is 0.491 e. The molecule has 0 radical (unpaired) electrons. The first-order chi connectivity index (χ1) is 12.8. The van der Waals surface area contributed by atoms with Gasteiger partial charge in [-0.1, -0.05) is 24.3 Å². The summed E-state index contributed by atoms with van der Waals surface area (Å²) in [7, 11) is 0. The van der Waals surface area contributed by atoms with E-state index in [2.05, 4.69) is 11.1 Å². The number of para-hydroxylation sites is 2. The number of hydrogen-bond donors (Lipinski definition) is 1. The van der Waals surface area contributed by atoms with E-state index in [1.54, 1.807) is 0 Å². The maximum absolute atomic E-state index is 13.1. The topological polar surface area (TPSA) is 28.9 Å². The minimum atomic E-state index is -0.508. The Bertz CT molecular complexity index is 1060. The number of imidazole rings is 1. The van der Waals surface area contributed by atoms with Crippen LogP contribution in [0.5, 0.6) is 5.75 Å². The highest BCUT2D eigenvalue weighted by atomic mass is 19.1. The molecule has 0 saturated carbocycles. The summed E-state index contributed by atoms with van der Waals surface area (Å²) in [5.41, 5.74) is 2.95. The van der Waals surface area contributed by atoms with Crippen molar-refractivity contribution in [1.82, 2.24) is 4.98 Å². The average Bonchev–Trinajstić information content (AvgIpc) is 3.05. The van der Waals surface area contributed by atoms with Crippen molar-refractivity contribution in [1.29, 1.82) is 0 Å². The maximum atomic E-state index is 13.1. The standard InChI is InChI=1S/C21H18F2N2O/c22-9-11-25-20-4-2-1-3-19(20)24-21(25)17-6-5-16-14-18(26-12-10-23)8-7-15(16)13-17/h1-8,13-14H,9-12H2/p+1. The van der Waals surface area contributed by atoms with Gasteiger partial charge < -0.3 is 4.74 Å². The number of aromatic amines is 1. The molecule has 0 aliphatic rings. The first-order valence-electron chi connectivity index (χ1n) is 8.59. The summed E-state index contributed by atoms with van der Waals surface area (Å²) in [6.45, 7) is -0.580. The molecular weight excluding hydrogens is 334 g/mol. The number of alkyl halides is 2. The number of fused-ring (bicyclic) bond motifs is 2. The Kier molecular flexibility index (Phi) is 4.52. The van der Waals surface area contributed by atoms with Crippen LogP contribution in [-0.2, 0) is 6.54 Å². The molecule has 0 aliphatic carbocycles. The minimum absolute atomic E-state index is 0.0574. The summed E-state index contributed by atoms with van der Waals surface area (Å²) in [6.07, 6.45) is 0. The second-order valence-corrected chi connectivity index (χ2v) is 6.09. The van der Waals surface area contributed by atoms with Crippen molar-refractivity contribution < 1.29 is 18.1 Å². The molecule has 0 bridgehead atoms. The summed E-state index contributed by atoms with van der Waals surface area (Å²) >= 11 is 0. The van der Waals surface area contributed by atoms with Gasteiger partial charge in [0.1, 0.15) is 32.3 Å². The Morgan fingerprint density at radius 3 is 2.54 bits per heavy atom. The second-order valence-electron chi connectivity index (χ2n) is 6.09. The monoisotopic (exact) mass is 353 g/mol. The van der Waals surface area contributed by atoms with Crippen molar-refractivity contribution in [2.75, 3.05) is 20.0 Å². The van der Waals surface area contributed by atoms with E-state index in [0.717, 1.165) is 33.2 Å². The lowest BCUT2D eigenvalue weighted by atomic mass is 10.1. The Balaban J connectivity index is 1.79. The molecule has 3 aromatic carbocycles. The van der Waals surface area contributed by atoms with Gasteiger partial charge in [0.05, 0.1) is 5.56 Å². The van der Waals surface area contributed by atoms with Gasteiger partial charge in [-0.05, 0) is 47.2 Å². The number of aryl methyl sites for hydroxylation is 1. The van der Waals surface area contributed by atoms with Crippen LogP contribution >= 0.6 is 0 Å². The number of H-pyrrole nitrogens is 1. The van der Waals surface area contributed by atoms with Gasteiger partial charge in [0.2, 0.25) is 0 Å². The zero-order valence-electron chi connectivity index (χ0n) is 14.2. The van der Waals surface area contributed by atoms with Gasteiger partial charge in [0, 0.05) is 0 Å². The van der Waals surface area contributed by atoms with Crippen LogP contribution in [-0.4, -0.2) is 24.9 Å². The van der Waals surface area contributed by atoms with Crippen LogP contribution < -0.4 is 9.30 Å². The molecule has 0 fully saturated rings. The zero-order chi connectivity index (χ0) is 17.9. The Morgan fingerprint density at radius 1 is 0.885 bits per heavy atom. The van der Waals surface area contributed by atoms with Gasteiger partial charge in [0.15, 0.2) is 11.0 Å². The highest BCUT2D eigenvalue weighted by Crippen LogP contribution is 2.26. The van der Waals surface area contributed by atoms with Crippen LogP contribution in [0.1, 0.15) is 0 Å². The van der Waals surface area contributed by atoms with E-state index in [-0.39, 0.29) is 6.61 Å². The van der Waals surface area contributed by atoms with E-state index in [9.17, 15) is 8.78 Å². The summed E-state index contributed by atoms with van der Waals surface area (Å²) < 4.78 is 32.7. The number of hydrogen-bond acceptors (Lipinski definition) is 1. The number of halogens is 2. The van der Waals surface area contributed by atoms with E-state index in [1.165, 1.54) is 0 Å². The van der Waals surface area contributed by atoms with Crippen LogP contribution in [0.2, 0.25) is 0 Å². The van der Waals surface area contributed by atoms with E-state index in [0.29, 0.717) is 12.3 Å². The van der Waals surface area contributed by atoms with Gasteiger partial charge in [-0.25, -0.2) is 18.3 Å². The molecule has 3 nitrogen and oxygen atoms in total. The molecule has 5 heteroatoms. The Hall–Kier alpha value is -2.95. The molecule has 1 N–H and O–H groups in total. The van der Waals surface area contributed by atoms with Gasteiger partial charge in [-0.15, -0.1) is 0 Å². The van der Waals surface area contributed by atoms with Crippen molar-refractivity contribution in [2.24, 2.45) is 0 Å². The predicted octanol–water partition coefficient (Wildman–Crippen LogP) is 4.59. The summed E-state index contributed by atoms with van der Waals surface area (Å²) in [5.74, 6) is 1.53. The molecule has 0 amide bonds. The Labute approximate surface area is 149 Å². The fourth-order valence-corrected chi connectivity index (χ4v) is 3.29. The molecule has 4 aromatic rings. The number of nitrogens with one attached hydrogen (secondary N) is 1. The third-order valence-corrected chi connectivity index (χ3v) is 4.46. The molecule has 0 aliphatic heterocycles. The fourth-order valence-electron chi connectivity index (χ4n) is 3.29. The van der Waals surface area contributed by atoms with E-state index in [1.807, 2.05) is 59.2 Å². The molecule has 4 rings (SSSR count). The van der Waals surface area contributed by atoms with Gasteiger partial charge in [-0.3, -0.25) is 0 Å². The van der Waals surface area contributed by atoms with Crippen molar-refractivity contribution in [3.8, 4) is 17.1 Å². The van der Waals surface area contributed by atoms with Crippen LogP contribution in [0.4, 0.5) is 8.78 Å². The van der Waals surface area contributed by atoms with Crippen LogP contribution in [0.25, 0.3) is 33.2 Å². The molecule has 26 heavy (non-hydrogen) atoms. The van der Waals surface area contributed by atoms with Gasteiger partial charge >= 0.3 is 0 Å². The third kappa shape index (κ3) is 3.01. The molecule has 0 saturated heterocycles. The van der Waals surface area contributed by atoms with Crippen LogP contribution in [0, 0.1) is 0 Å². The van der Waals surface area contributed by atoms with Crippen molar-refractivity contribution in [3.05, 3.63) is 60.7 Å². The van der Waals surface area contributed by atoms with Gasteiger partial charge in [-0.2, -0.15) is 0 Å². The minimum Gasteiger partial charge on any atom is -0.491 e. The van der Waals surface area contributed by atoms with Crippen molar-refractivity contribution in [3.63, 3.8) is 0 Å². The first-order valence-corrected chi connectivity index (χ1v) is 8.59. The summed E-state index contributed by atoms with van der Waals surface area (Å²) in [6, 6.07) is 19.6. The average molecular weight is 353 g/mol. The number of benzene rings is 3. The molecule has 0 spiro atoms. The quantitative estimate of drug-likeness (QED) is 0.505. The maximum Gasteiger partial charge on any atom is 0.287 e. The van der Waals surface area contributed by atoms with E-state index < -0.39 is 13.3 Å². The van der Waals surface area contributed by atoms with Crippen molar-refractivity contribution >= 4 is 21.8 Å². The summed E-state index contributed by atoms with van der Waals surface area (Å²) in [4.78, 5) is 3.40. The van der Waals surface area contributed by atoms with Gasteiger partial charge in [0.25, 0.3) is 5.82 Å². The lowest BCUT2D eigenvalue weighted by Crippen LogP contribution is -2.36. The SMILES string of the molecule is FCCOc1ccc2cc(-c3[nH]c4ccccc4[n+]3CCF)ccc2c1. The highest BCUT2D eigenvalue weighted by Gasteiger charge is 2.19. The number of rotatable bonds is 6. The molecule has 1 aromatic heterocycles. The molecule has 0 atom stereocenters. The molecule has 132 valence electrons. The molecular formula is C21H19F2N2O+. The van der Waals surface area contributed by atoms with E-state index in [4.69, 9.17) is 4.74 Å². The smallest absolute Gasteiger partial charge is 0.287 e. The van der Waals surface area contributed by atoms with Crippen molar-refractivity contribution in [2.45, 2.75) is 6.54 Å². The highest BCUT2D eigenvalue weighted by molar-refractivity contribution is 5.88. The second kappa shape index (κ2) is 7.12. The first kappa shape index (κ1) is 16.5. The number of aromatic nitrogens is 2. The number of nitrogens with zero attached hydrogens (tertiary/aromatic N) is 1. The Morgan fingerprint density at radius 2 is 1.69 bits per heavy atom. The number of ether oxygens (including phenoxy) is 1. The van der Waals surface area contributed by atoms with Crippen LogP contribution in [0.3, 0.4) is 0 Å². The fraction of sp³-hybridized carbons (Fsp3) is 0.190. The third-order valence-electron chi connectivity index (χ3n) is 4.46. The predicted molar refractivity (Wildman–Crippen MR) is 98.9 cm³/mol. The lowest BCUT2D eigenvalue weighted by molar-refractivity contribution is -0.660. The lowest BCUT2D eigenvalue weighted by Gasteiger charge is -2.06. The normalized spacial score (nSPS) is 11.3.